The summed E-state index contributed by atoms with van der Waals surface area (Å²) >= 11 is 0. The monoisotopic (exact) mass is 438 g/mol. The molecule has 1 aromatic carbocycles. The SMILES string of the molecule is Cc1nccn1CCC(=O)N1CCOC(c2nc(N(C)C)ncc2-c2cccc(F)c2)C1. The van der Waals surface area contributed by atoms with E-state index in [2.05, 4.69) is 9.97 Å². The van der Waals surface area contributed by atoms with Gasteiger partial charge < -0.3 is 19.1 Å². The van der Waals surface area contributed by atoms with Crippen LogP contribution in [0.25, 0.3) is 11.1 Å². The van der Waals surface area contributed by atoms with Crippen LogP contribution in [0.2, 0.25) is 0 Å². The average molecular weight is 439 g/mol. The molecule has 0 aliphatic carbocycles. The maximum absolute atomic E-state index is 13.9. The minimum absolute atomic E-state index is 0.0561. The first-order chi connectivity index (χ1) is 15.4. The molecule has 0 radical (unpaired) electrons. The topological polar surface area (TPSA) is 76.4 Å². The molecule has 1 aliphatic rings. The van der Waals surface area contributed by atoms with Crippen molar-refractivity contribution in [2.75, 3.05) is 38.7 Å². The zero-order valence-electron chi connectivity index (χ0n) is 18.5. The van der Waals surface area contributed by atoms with Crippen LogP contribution >= 0.6 is 0 Å². The molecule has 0 spiro atoms. The van der Waals surface area contributed by atoms with Gasteiger partial charge in [0, 0.05) is 57.8 Å². The normalized spacial score (nSPS) is 16.2. The summed E-state index contributed by atoms with van der Waals surface area (Å²) in [6.45, 7) is 3.82. The van der Waals surface area contributed by atoms with Crippen molar-refractivity contribution in [2.24, 2.45) is 0 Å². The molecule has 1 aliphatic heterocycles. The second-order valence-corrected chi connectivity index (χ2v) is 7.99. The zero-order valence-corrected chi connectivity index (χ0v) is 18.5. The van der Waals surface area contributed by atoms with E-state index in [1.807, 2.05) is 42.7 Å². The minimum atomic E-state index is -0.428. The zero-order chi connectivity index (χ0) is 22.7. The predicted octanol–water partition coefficient (Wildman–Crippen LogP) is 2.84. The number of carbonyl (C=O) groups is 1. The number of nitrogens with zero attached hydrogens (tertiary/aromatic N) is 6. The van der Waals surface area contributed by atoms with Gasteiger partial charge in [-0.05, 0) is 24.6 Å². The summed E-state index contributed by atoms with van der Waals surface area (Å²) in [7, 11) is 3.72. The molecule has 0 N–H and O–H groups in total. The number of aryl methyl sites for hydroxylation is 2. The Balaban J connectivity index is 1.57. The van der Waals surface area contributed by atoms with Gasteiger partial charge in [0.05, 0.1) is 18.8 Å². The average Bonchev–Trinajstić information content (AvgIpc) is 3.21. The fourth-order valence-corrected chi connectivity index (χ4v) is 3.78. The number of morpholine rings is 1. The third-order valence-electron chi connectivity index (χ3n) is 5.56. The largest absolute Gasteiger partial charge is 0.368 e. The van der Waals surface area contributed by atoms with Crippen LogP contribution in [0.5, 0.6) is 0 Å². The van der Waals surface area contributed by atoms with Gasteiger partial charge >= 0.3 is 0 Å². The summed E-state index contributed by atoms with van der Waals surface area (Å²) in [6.07, 6.45) is 5.25. The number of ether oxygens (including phenoxy) is 1. The number of hydrogen-bond acceptors (Lipinski definition) is 6. The Hall–Kier alpha value is -3.33. The van der Waals surface area contributed by atoms with Gasteiger partial charge in [0.25, 0.3) is 0 Å². The number of benzene rings is 1. The Morgan fingerprint density at radius 1 is 1.31 bits per heavy atom. The summed E-state index contributed by atoms with van der Waals surface area (Å²) in [6, 6.07) is 6.33. The fraction of sp³-hybridized carbons (Fsp3) is 0.391. The molecule has 3 aromatic rings. The summed E-state index contributed by atoms with van der Waals surface area (Å²) < 4.78 is 21.9. The van der Waals surface area contributed by atoms with Crippen molar-refractivity contribution in [3.8, 4) is 11.1 Å². The minimum Gasteiger partial charge on any atom is -0.368 e. The highest BCUT2D eigenvalue weighted by Gasteiger charge is 2.29. The van der Waals surface area contributed by atoms with E-state index in [1.54, 1.807) is 23.4 Å². The van der Waals surface area contributed by atoms with Gasteiger partial charge in [-0.3, -0.25) is 4.79 Å². The van der Waals surface area contributed by atoms with Crippen LogP contribution in [-0.4, -0.2) is 64.1 Å². The van der Waals surface area contributed by atoms with Crippen LogP contribution in [-0.2, 0) is 16.1 Å². The Bertz CT molecular complexity index is 1100. The lowest BCUT2D eigenvalue weighted by atomic mass is 10.0. The molecule has 0 bridgehead atoms. The molecular formula is C23H27FN6O2. The van der Waals surface area contributed by atoms with Crippen LogP contribution in [0, 0.1) is 12.7 Å². The van der Waals surface area contributed by atoms with Crippen LogP contribution in [0.1, 0.15) is 24.0 Å². The summed E-state index contributed by atoms with van der Waals surface area (Å²) in [5, 5.41) is 0. The first kappa shape index (κ1) is 21.9. The summed E-state index contributed by atoms with van der Waals surface area (Å²) in [5.41, 5.74) is 2.02. The number of amides is 1. The van der Waals surface area contributed by atoms with Gasteiger partial charge in [0.15, 0.2) is 0 Å². The third kappa shape index (κ3) is 4.77. The maximum atomic E-state index is 13.9. The van der Waals surface area contributed by atoms with Crippen LogP contribution in [0.3, 0.4) is 0 Å². The molecule has 2 aromatic heterocycles. The highest BCUT2D eigenvalue weighted by molar-refractivity contribution is 5.76. The molecule has 1 fully saturated rings. The number of imidazole rings is 1. The lowest BCUT2D eigenvalue weighted by Crippen LogP contribution is -2.43. The van der Waals surface area contributed by atoms with Crippen molar-refractivity contribution in [3.05, 3.63) is 60.2 Å². The molecule has 1 unspecified atom stereocenters. The Labute approximate surface area is 186 Å². The Morgan fingerprint density at radius 2 is 2.16 bits per heavy atom. The molecule has 3 heterocycles. The quantitative estimate of drug-likeness (QED) is 0.589. The van der Waals surface area contributed by atoms with Crippen molar-refractivity contribution in [1.29, 1.82) is 0 Å². The molecule has 1 amide bonds. The molecule has 8 nitrogen and oxygen atoms in total. The van der Waals surface area contributed by atoms with Crippen LogP contribution in [0.4, 0.5) is 10.3 Å². The van der Waals surface area contributed by atoms with Crippen molar-refractivity contribution < 1.29 is 13.9 Å². The lowest BCUT2D eigenvalue weighted by molar-refractivity contribution is -0.139. The van der Waals surface area contributed by atoms with Crippen molar-refractivity contribution in [1.82, 2.24) is 24.4 Å². The van der Waals surface area contributed by atoms with Crippen molar-refractivity contribution in [3.63, 3.8) is 0 Å². The van der Waals surface area contributed by atoms with Gasteiger partial charge in [0.2, 0.25) is 11.9 Å². The van der Waals surface area contributed by atoms with E-state index < -0.39 is 6.10 Å². The lowest BCUT2D eigenvalue weighted by Gasteiger charge is -2.33. The molecule has 4 rings (SSSR count). The second-order valence-electron chi connectivity index (χ2n) is 7.99. The van der Waals surface area contributed by atoms with Crippen molar-refractivity contribution in [2.45, 2.75) is 26.0 Å². The number of aromatic nitrogens is 4. The molecule has 1 saturated heterocycles. The Morgan fingerprint density at radius 3 is 2.88 bits per heavy atom. The standard InChI is InChI=1S/C23H27FN6O2/c1-16-25-8-10-29(16)9-7-21(31)30-11-12-32-20(15-30)22-19(14-26-23(27-22)28(2)3)17-5-4-6-18(24)13-17/h4-6,8,10,13-14,20H,7,9,11-12,15H2,1-3H3. The predicted molar refractivity (Wildman–Crippen MR) is 119 cm³/mol. The highest BCUT2D eigenvalue weighted by Crippen LogP contribution is 2.32. The number of carbonyl (C=O) groups excluding carboxylic acids is 1. The molecular weight excluding hydrogens is 411 g/mol. The number of hydrogen-bond donors (Lipinski definition) is 0. The van der Waals surface area contributed by atoms with Gasteiger partial charge in [-0.15, -0.1) is 0 Å². The Kier molecular flexibility index (Phi) is 6.45. The van der Waals surface area contributed by atoms with E-state index in [0.29, 0.717) is 55.4 Å². The van der Waals surface area contributed by atoms with Gasteiger partial charge in [-0.1, -0.05) is 12.1 Å². The van der Waals surface area contributed by atoms with E-state index in [9.17, 15) is 9.18 Å². The molecule has 168 valence electrons. The first-order valence-corrected chi connectivity index (χ1v) is 10.6. The second kappa shape index (κ2) is 9.44. The maximum Gasteiger partial charge on any atom is 0.225 e. The van der Waals surface area contributed by atoms with Crippen LogP contribution in [0.15, 0.2) is 42.9 Å². The summed E-state index contributed by atoms with van der Waals surface area (Å²) in [4.78, 5) is 29.8. The van der Waals surface area contributed by atoms with E-state index in [0.717, 1.165) is 5.82 Å². The number of anilines is 1. The summed E-state index contributed by atoms with van der Waals surface area (Å²) in [5.74, 6) is 1.14. The molecule has 0 saturated carbocycles. The molecule has 9 heteroatoms. The van der Waals surface area contributed by atoms with Gasteiger partial charge in [0.1, 0.15) is 17.7 Å². The number of rotatable bonds is 6. The van der Waals surface area contributed by atoms with Gasteiger partial charge in [-0.2, -0.15) is 0 Å². The molecule has 1 atom stereocenters. The third-order valence-corrected chi connectivity index (χ3v) is 5.56. The fourth-order valence-electron chi connectivity index (χ4n) is 3.78. The van der Waals surface area contributed by atoms with E-state index in [1.165, 1.54) is 12.1 Å². The highest BCUT2D eigenvalue weighted by atomic mass is 19.1. The van der Waals surface area contributed by atoms with Crippen LogP contribution < -0.4 is 4.90 Å². The molecule has 32 heavy (non-hydrogen) atoms. The van der Waals surface area contributed by atoms with E-state index in [4.69, 9.17) is 9.72 Å². The first-order valence-electron chi connectivity index (χ1n) is 10.6. The smallest absolute Gasteiger partial charge is 0.225 e. The van der Waals surface area contributed by atoms with Crippen molar-refractivity contribution >= 4 is 11.9 Å². The number of halogens is 1. The van der Waals surface area contributed by atoms with Gasteiger partial charge in [-0.25, -0.2) is 19.3 Å². The van der Waals surface area contributed by atoms with E-state index in [-0.39, 0.29) is 11.7 Å². The van der Waals surface area contributed by atoms with E-state index >= 15 is 0 Å².